The molecule has 0 aliphatic heterocycles. The van der Waals surface area contributed by atoms with Gasteiger partial charge in [-0.2, -0.15) is 0 Å². The minimum absolute atomic E-state index is 0.201. The second kappa shape index (κ2) is 10.7. The van der Waals surface area contributed by atoms with E-state index >= 15 is 0 Å². The van der Waals surface area contributed by atoms with E-state index in [9.17, 15) is 18.0 Å². The topological polar surface area (TPSA) is 114 Å². The van der Waals surface area contributed by atoms with Crippen LogP contribution in [-0.4, -0.2) is 39.1 Å². The molecule has 1 saturated carbocycles. The Morgan fingerprint density at radius 3 is 2.15 bits per heavy atom. The molecule has 2 aromatic carbocycles. The number of carbonyl (C=O) groups is 2. The third-order valence-electron chi connectivity index (χ3n) is 5.94. The summed E-state index contributed by atoms with van der Waals surface area (Å²) in [6.45, 7) is 7.86. The van der Waals surface area contributed by atoms with E-state index in [4.69, 9.17) is 4.74 Å². The minimum atomic E-state index is -3.72. The van der Waals surface area contributed by atoms with Crippen molar-refractivity contribution in [3.05, 3.63) is 36.4 Å². The molecule has 1 fully saturated rings. The van der Waals surface area contributed by atoms with Crippen LogP contribution >= 0.6 is 0 Å². The molecular weight excluding hydrogens is 454 g/mol. The Balaban J connectivity index is 1.56. The molecular formula is C25H35N3O5S. The summed E-state index contributed by atoms with van der Waals surface area (Å²) in [6.07, 6.45) is 3.24. The number of rotatable bonds is 7. The Morgan fingerprint density at radius 1 is 0.941 bits per heavy atom. The summed E-state index contributed by atoms with van der Waals surface area (Å²) in [5.41, 5.74) is 0.0643. The van der Waals surface area contributed by atoms with Gasteiger partial charge >= 0.3 is 6.09 Å². The van der Waals surface area contributed by atoms with Crippen LogP contribution in [-0.2, 0) is 19.6 Å². The first-order valence-electron chi connectivity index (χ1n) is 11.7. The van der Waals surface area contributed by atoms with Crippen molar-refractivity contribution in [2.75, 3.05) is 18.4 Å². The number of hydrogen-bond acceptors (Lipinski definition) is 5. The van der Waals surface area contributed by atoms with Gasteiger partial charge in [-0.1, -0.05) is 24.3 Å². The van der Waals surface area contributed by atoms with Crippen LogP contribution in [0.1, 0.15) is 53.4 Å². The molecule has 3 rings (SSSR count). The first kappa shape index (κ1) is 26.0. The standard InChI is InChI=1S/C25H35N3O5S/c1-17(29)28-22-9-5-8-21-20(22)7-6-10-23(21)34(31,32)27-16-19-13-11-18(12-14-19)15-26-24(30)33-25(2,3)4/h5-10,18-19,27H,11-16H2,1-4H3,(H,26,30)(H,28,29). The average Bonchev–Trinajstić information content (AvgIpc) is 2.75. The van der Waals surface area contributed by atoms with Gasteiger partial charge in [-0.05, 0) is 70.4 Å². The summed E-state index contributed by atoms with van der Waals surface area (Å²) in [5, 5.41) is 6.84. The van der Waals surface area contributed by atoms with Gasteiger partial charge in [-0.25, -0.2) is 17.9 Å². The lowest BCUT2D eigenvalue weighted by atomic mass is 9.82. The van der Waals surface area contributed by atoms with Crippen LogP contribution < -0.4 is 15.4 Å². The third-order valence-corrected chi connectivity index (χ3v) is 7.43. The van der Waals surface area contributed by atoms with Crippen LogP contribution in [0.5, 0.6) is 0 Å². The first-order valence-corrected chi connectivity index (χ1v) is 13.2. The molecule has 0 spiro atoms. The van der Waals surface area contributed by atoms with Gasteiger partial charge in [-0.15, -0.1) is 0 Å². The summed E-state index contributed by atoms with van der Waals surface area (Å²) in [5.74, 6) is 0.402. The summed E-state index contributed by atoms with van der Waals surface area (Å²) < 4.78 is 34.3. The lowest BCUT2D eigenvalue weighted by molar-refractivity contribution is -0.114. The number of amides is 2. The SMILES string of the molecule is CC(=O)Nc1cccc2c(S(=O)(=O)NCC3CCC(CNC(=O)OC(C)(C)C)CC3)cccc12. The van der Waals surface area contributed by atoms with Crippen LogP contribution in [0, 0.1) is 11.8 Å². The number of nitrogens with one attached hydrogen (secondary N) is 3. The summed E-state index contributed by atoms with van der Waals surface area (Å²) in [4.78, 5) is 23.6. The number of fused-ring (bicyclic) bond motifs is 1. The highest BCUT2D eigenvalue weighted by molar-refractivity contribution is 7.89. The molecule has 34 heavy (non-hydrogen) atoms. The number of carbonyl (C=O) groups excluding carboxylic acids is 2. The van der Waals surface area contributed by atoms with E-state index in [0.717, 1.165) is 25.7 Å². The molecule has 2 aromatic rings. The van der Waals surface area contributed by atoms with E-state index in [0.29, 0.717) is 35.5 Å². The molecule has 0 unspecified atom stereocenters. The Labute approximate surface area is 201 Å². The lowest BCUT2D eigenvalue weighted by Gasteiger charge is -2.29. The molecule has 0 aromatic heterocycles. The van der Waals surface area contributed by atoms with Crippen molar-refractivity contribution in [2.45, 2.75) is 63.9 Å². The van der Waals surface area contributed by atoms with Gasteiger partial charge in [0.1, 0.15) is 5.60 Å². The highest BCUT2D eigenvalue weighted by Gasteiger charge is 2.25. The maximum atomic E-state index is 13.1. The monoisotopic (exact) mass is 489 g/mol. The first-order chi connectivity index (χ1) is 15.9. The number of sulfonamides is 1. The zero-order valence-electron chi connectivity index (χ0n) is 20.3. The van der Waals surface area contributed by atoms with Crippen LogP contribution in [0.15, 0.2) is 41.3 Å². The molecule has 8 nitrogen and oxygen atoms in total. The van der Waals surface area contributed by atoms with Crippen molar-refractivity contribution in [2.24, 2.45) is 11.8 Å². The van der Waals surface area contributed by atoms with Gasteiger partial charge in [0.05, 0.1) is 4.90 Å². The quantitative estimate of drug-likeness (QED) is 0.533. The van der Waals surface area contributed by atoms with Crippen molar-refractivity contribution in [1.82, 2.24) is 10.0 Å². The Kier molecular flexibility index (Phi) is 8.20. The molecule has 3 N–H and O–H groups in total. The number of hydrogen-bond donors (Lipinski definition) is 3. The van der Waals surface area contributed by atoms with Crippen LogP contribution in [0.25, 0.3) is 10.8 Å². The molecule has 9 heteroatoms. The second-order valence-corrected chi connectivity index (χ2v) is 11.7. The molecule has 1 aliphatic rings. The average molecular weight is 490 g/mol. The Morgan fingerprint density at radius 2 is 1.53 bits per heavy atom. The highest BCUT2D eigenvalue weighted by atomic mass is 32.2. The van der Waals surface area contributed by atoms with Crippen LogP contribution in [0.2, 0.25) is 0 Å². The second-order valence-electron chi connectivity index (χ2n) is 9.96. The molecule has 0 radical (unpaired) electrons. The van der Waals surface area contributed by atoms with E-state index in [1.807, 2.05) is 20.8 Å². The normalized spacial score (nSPS) is 18.9. The fraction of sp³-hybridized carbons (Fsp3) is 0.520. The number of alkyl carbamates (subject to hydrolysis) is 1. The van der Waals surface area contributed by atoms with Gasteiger partial charge < -0.3 is 15.4 Å². The van der Waals surface area contributed by atoms with Crippen LogP contribution in [0.4, 0.5) is 10.5 Å². The van der Waals surface area contributed by atoms with Gasteiger partial charge in [0.2, 0.25) is 15.9 Å². The predicted octanol–water partition coefficient (Wildman–Crippen LogP) is 4.41. The molecule has 0 atom stereocenters. The maximum absolute atomic E-state index is 13.1. The van der Waals surface area contributed by atoms with Crippen molar-refractivity contribution < 1.29 is 22.7 Å². The summed E-state index contributed by atoms with van der Waals surface area (Å²) >= 11 is 0. The van der Waals surface area contributed by atoms with Gasteiger partial charge in [0.25, 0.3) is 0 Å². The molecule has 186 valence electrons. The minimum Gasteiger partial charge on any atom is -0.444 e. The number of benzene rings is 2. The van der Waals surface area contributed by atoms with Crippen molar-refractivity contribution in [1.29, 1.82) is 0 Å². The molecule has 2 amide bonds. The van der Waals surface area contributed by atoms with Crippen molar-refractivity contribution in [3.63, 3.8) is 0 Å². The van der Waals surface area contributed by atoms with Crippen molar-refractivity contribution >= 4 is 38.5 Å². The smallest absolute Gasteiger partial charge is 0.407 e. The molecule has 0 saturated heterocycles. The summed E-state index contributed by atoms with van der Waals surface area (Å²) in [7, 11) is -3.72. The van der Waals surface area contributed by atoms with Gasteiger partial charge in [0, 0.05) is 36.5 Å². The molecule has 0 bridgehead atoms. The zero-order valence-corrected chi connectivity index (χ0v) is 21.1. The van der Waals surface area contributed by atoms with Crippen LogP contribution in [0.3, 0.4) is 0 Å². The fourth-order valence-corrected chi connectivity index (χ4v) is 5.64. The largest absolute Gasteiger partial charge is 0.444 e. The Bertz CT molecular complexity index is 1130. The zero-order chi connectivity index (χ0) is 24.9. The summed E-state index contributed by atoms with van der Waals surface area (Å²) in [6, 6.07) is 10.3. The van der Waals surface area contributed by atoms with E-state index in [1.54, 1.807) is 36.4 Å². The van der Waals surface area contributed by atoms with Gasteiger partial charge in [-0.3, -0.25) is 4.79 Å². The van der Waals surface area contributed by atoms with Crippen molar-refractivity contribution in [3.8, 4) is 0 Å². The van der Waals surface area contributed by atoms with E-state index < -0.39 is 21.7 Å². The lowest BCUT2D eigenvalue weighted by Crippen LogP contribution is -2.37. The van der Waals surface area contributed by atoms with Gasteiger partial charge in [0.15, 0.2) is 0 Å². The predicted molar refractivity (Wildman–Crippen MR) is 133 cm³/mol. The van der Waals surface area contributed by atoms with E-state index in [-0.39, 0.29) is 16.7 Å². The highest BCUT2D eigenvalue weighted by Crippen LogP contribution is 2.31. The van der Waals surface area contributed by atoms with E-state index in [1.165, 1.54) is 6.92 Å². The Hall–Kier alpha value is -2.65. The number of anilines is 1. The molecule has 0 heterocycles. The molecule has 1 aliphatic carbocycles. The maximum Gasteiger partial charge on any atom is 0.407 e. The number of ether oxygens (including phenoxy) is 1. The third kappa shape index (κ3) is 7.17. The fourth-order valence-electron chi connectivity index (χ4n) is 4.30. The van der Waals surface area contributed by atoms with E-state index in [2.05, 4.69) is 15.4 Å².